The van der Waals surface area contributed by atoms with Crippen LogP contribution in [0.4, 0.5) is 0 Å². The third kappa shape index (κ3) is 0.454. The van der Waals surface area contributed by atoms with Crippen molar-refractivity contribution in [3.63, 3.8) is 0 Å². The molecule has 0 radical (unpaired) electrons. The van der Waals surface area contributed by atoms with Crippen molar-refractivity contribution in [2.24, 2.45) is 11.3 Å². The minimum absolute atomic E-state index is 0.0550. The van der Waals surface area contributed by atoms with E-state index in [9.17, 15) is 4.79 Å². The summed E-state index contributed by atoms with van der Waals surface area (Å²) in [5, 5.41) is 0. The van der Waals surface area contributed by atoms with Gasteiger partial charge in [0.15, 0.2) is 0 Å². The first-order valence-electron chi connectivity index (χ1n) is 4.50. The molecular formula is C9H12O3. The molecule has 12 heavy (non-hydrogen) atoms. The second-order valence-electron chi connectivity index (χ2n) is 4.34. The van der Waals surface area contributed by atoms with Crippen molar-refractivity contribution >= 4 is 5.97 Å². The Morgan fingerprint density at radius 1 is 1.58 bits per heavy atom. The first kappa shape index (κ1) is 6.89. The molecule has 3 nitrogen and oxygen atoms in total. The van der Waals surface area contributed by atoms with Crippen LogP contribution in [0.2, 0.25) is 0 Å². The van der Waals surface area contributed by atoms with Gasteiger partial charge in [-0.05, 0) is 25.7 Å². The first-order valence-corrected chi connectivity index (χ1v) is 4.50. The smallest absolute Gasteiger partial charge is 0.315 e. The fourth-order valence-corrected chi connectivity index (χ4v) is 3.05. The number of rotatable bonds is 0. The van der Waals surface area contributed by atoms with E-state index in [-0.39, 0.29) is 17.0 Å². The minimum Gasteiger partial charge on any atom is -0.462 e. The maximum atomic E-state index is 11.4. The molecule has 0 amide bonds. The van der Waals surface area contributed by atoms with Crippen molar-refractivity contribution in [2.75, 3.05) is 13.2 Å². The largest absolute Gasteiger partial charge is 0.462 e. The monoisotopic (exact) mass is 168 g/mol. The number of cyclic esters (lactones) is 1. The Morgan fingerprint density at radius 2 is 2.42 bits per heavy atom. The Bertz CT molecular complexity index is 262. The van der Waals surface area contributed by atoms with Gasteiger partial charge in [-0.15, -0.1) is 0 Å². The predicted octanol–water partition coefficient (Wildman–Crippen LogP) is 0.728. The van der Waals surface area contributed by atoms with Crippen molar-refractivity contribution in [3.8, 4) is 0 Å². The Hall–Kier alpha value is -0.570. The topological polar surface area (TPSA) is 35.5 Å². The highest BCUT2D eigenvalue weighted by Crippen LogP contribution is 2.64. The van der Waals surface area contributed by atoms with E-state index in [2.05, 4.69) is 0 Å². The van der Waals surface area contributed by atoms with Gasteiger partial charge in [0.2, 0.25) is 0 Å². The van der Waals surface area contributed by atoms with E-state index in [1.54, 1.807) is 0 Å². The van der Waals surface area contributed by atoms with Gasteiger partial charge in [-0.3, -0.25) is 4.79 Å². The van der Waals surface area contributed by atoms with Crippen molar-refractivity contribution in [1.82, 2.24) is 0 Å². The molecule has 2 aliphatic heterocycles. The molecule has 66 valence electrons. The van der Waals surface area contributed by atoms with Gasteiger partial charge in [0.1, 0.15) is 12.2 Å². The van der Waals surface area contributed by atoms with Crippen LogP contribution in [0.5, 0.6) is 0 Å². The summed E-state index contributed by atoms with van der Waals surface area (Å²) in [6.07, 6.45) is 2.07. The number of esters is 1. The molecule has 2 heterocycles. The lowest BCUT2D eigenvalue weighted by Crippen LogP contribution is -2.61. The van der Waals surface area contributed by atoms with Crippen molar-refractivity contribution in [2.45, 2.75) is 25.4 Å². The summed E-state index contributed by atoms with van der Waals surface area (Å²) in [5.74, 6) is 0.523. The van der Waals surface area contributed by atoms with Gasteiger partial charge in [0, 0.05) is 6.61 Å². The summed E-state index contributed by atoms with van der Waals surface area (Å²) in [6.45, 7) is 3.27. The van der Waals surface area contributed by atoms with Crippen LogP contribution in [0.15, 0.2) is 0 Å². The summed E-state index contributed by atoms with van der Waals surface area (Å²) < 4.78 is 10.8. The second kappa shape index (κ2) is 1.69. The predicted molar refractivity (Wildman–Crippen MR) is 40.5 cm³/mol. The molecule has 1 saturated carbocycles. The second-order valence-corrected chi connectivity index (χ2v) is 4.34. The van der Waals surface area contributed by atoms with Gasteiger partial charge in [-0.1, -0.05) is 0 Å². The molecule has 0 N–H and O–H groups in total. The molecule has 0 bridgehead atoms. The van der Waals surface area contributed by atoms with Gasteiger partial charge < -0.3 is 9.47 Å². The van der Waals surface area contributed by atoms with Crippen LogP contribution in [0, 0.1) is 11.3 Å². The van der Waals surface area contributed by atoms with E-state index in [0.29, 0.717) is 12.5 Å². The molecular weight excluding hydrogens is 156 g/mol. The highest BCUT2D eigenvalue weighted by molar-refractivity contribution is 5.82. The van der Waals surface area contributed by atoms with Crippen LogP contribution in [0.3, 0.4) is 0 Å². The van der Waals surface area contributed by atoms with E-state index in [0.717, 1.165) is 19.4 Å². The maximum absolute atomic E-state index is 11.4. The molecule has 3 atom stereocenters. The highest BCUT2D eigenvalue weighted by atomic mass is 16.6. The molecule has 1 spiro atoms. The molecule has 2 saturated heterocycles. The highest BCUT2D eigenvalue weighted by Gasteiger charge is 2.74. The zero-order valence-electron chi connectivity index (χ0n) is 7.13. The average Bonchev–Trinajstić information content (AvgIpc) is 2.46. The molecule has 0 unspecified atom stereocenters. The van der Waals surface area contributed by atoms with Crippen LogP contribution in [-0.4, -0.2) is 24.8 Å². The van der Waals surface area contributed by atoms with Crippen LogP contribution < -0.4 is 0 Å². The van der Waals surface area contributed by atoms with Crippen molar-refractivity contribution in [3.05, 3.63) is 0 Å². The van der Waals surface area contributed by atoms with Crippen molar-refractivity contribution < 1.29 is 14.3 Å². The van der Waals surface area contributed by atoms with Crippen LogP contribution >= 0.6 is 0 Å². The number of carbonyl (C=O) groups is 1. The Labute approximate surface area is 71.0 Å². The maximum Gasteiger partial charge on any atom is 0.315 e. The third-order valence-electron chi connectivity index (χ3n) is 3.94. The first-order chi connectivity index (χ1) is 5.69. The summed E-state index contributed by atoms with van der Waals surface area (Å²) >= 11 is 0. The molecule has 0 aromatic carbocycles. The zero-order valence-corrected chi connectivity index (χ0v) is 7.13. The average molecular weight is 168 g/mol. The lowest BCUT2D eigenvalue weighted by molar-refractivity contribution is -0.174. The summed E-state index contributed by atoms with van der Waals surface area (Å²) in [6, 6.07) is 0. The lowest BCUT2D eigenvalue weighted by atomic mass is 9.53. The van der Waals surface area contributed by atoms with Gasteiger partial charge in [0.25, 0.3) is 0 Å². The van der Waals surface area contributed by atoms with E-state index < -0.39 is 0 Å². The minimum atomic E-state index is -0.311. The number of hydrogen-bond donors (Lipinski definition) is 0. The molecule has 0 aromatic heterocycles. The SMILES string of the molecule is C[C@]12C[C@@H]3CCO[C@@]31COC2=O. The molecule has 3 rings (SSSR count). The molecule has 3 heteroatoms. The quantitative estimate of drug-likeness (QED) is 0.500. The molecule has 1 aliphatic carbocycles. The summed E-state index contributed by atoms with van der Waals surface area (Å²) in [7, 11) is 0. The van der Waals surface area contributed by atoms with E-state index >= 15 is 0 Å². The zero-order chi connectivity index (χ0) is 8.40. The van der Waals surface area contributed by atoms with E-state index in [1.165, 1.54) is 0 Å². The van der Waals surface area contributed by atoms with Crippen LogP contribution in [0.1, 0.15) is 19.8 Å². The van der Waals surface area contributed by atoms with Gasteiger partial charge in [-0.2, -0.15) is 0 Å². The summed E-state index contributed by atoms with van der Waals surface area (Å²) in [4.78, 5) is 11.4. The Balaban J connectivity index is 2.06. The Kier molecular flexibility index (Phi) is 0.971. The van der Waals surface area contributed by atoms with Crippen molar-refractivity contribution in [1.29, 1.82) is 0 Å². The third-order valence-corrected chi connectivity index (χ3v) is 3.94. The van der Waals surface area contributed by atoms with E-state index in [1.807, 2.05) is 6.92 Å². The summed E-state index contributed by atoms with van der Waals surface area (Å²) in [5.41, 5.74) is -0.530. The van der Waals surface area contributed by atoms with Crippen LogP contribution in [0.25, 0.3) is 0 Å². The van der Waals surface area contributed by atoms with Crippen LogP contribution in [-0.2, 0) is 14.3 Å². The van der Waals surface area contributed by atoms with Gasteiger partial charge >= 0.3 is 5.97 Å². The fourth-order valence-electron chi connectivity index (χ4n) is 3.05. The number of ether oxygens (including phenoxy) is 2. The standard InChI is InChI=1S/C9H12O3/c1-8-4-6-2-3-12-9(6,8)5-11-7(8)10/h6H,2-5H2,1H3/t6-,8+,9-/m0/s1. The normalized spacial score (nSPS) is 55.8. The lowest BCUT2D eigenvalue weighted by Gasteiger charge is -2.50. The molecule has 0 aromatic rings. The molecule has 3 fully saturated rings. The van der Waals surface area contributed by atoms with Gasteiger partial charge in [-0.25, -0.2) is 0 Å². The Morgan fingerprint density at radius 3 is 3.08 bits per heavy atom. The number of hydrogen-bond acceptors (Lipinski definition) is 3. The number of carbonyl (C=O) groups excluding carboxylic acids is 1. The fraction of sp³-hybridized carbons (Fsp3) is 0.889. The van der Waals surface area contributed by atoms with E-state index in [4.69, 9.17) is 9.47 Å². The van der Waals surface area contributed by atoms with Gasteiger partial charge in [0.05, 0.1) is 5.41 Å². The molecule has 3 aliphatic rings.